The molecule has 1 heterocycles. The highest BCUT2D eigenvalue weighted by atomic mass is 127. The van der Waals surface area contributed by atoms with Gasteiger partial charge in [0.05, 0.1) is 12.6 Å². The van der Waals surface area contributed by atoms with Crippen molar-refractivity contribution in [2.45, 2.75) is 96.2 Å². The van der Waals surface area contributed by atoms with E-state index in [0.29, 0.717) is 12.6 Å². The molecule has 3 aliphatic rings. The molecule has 5 nitrogen and oxygen atoms in total. The first-order valence-electron chi connectivity index (χ1n) is 11.1. The number of hydrogen-bond acceptors (Lipinski definition) is 3. The zero-order valence-corrected chi connectivity index (χ0v) is 19.7. The number of aliphatic hydroxyl groups excluding tert-OH is 1. The summed E-state index contributed by atoms with van der Waals surface area (Å²) in [5, 5.41) is 17.5. The van der Waals surface area contributed by atoms with Crippen LogP contribution in [0.15, 0.2) is 4.99 Å². The standard InChI is InChI=1S/C21H40N4O.HI/c1-3-22-20(23-16-21(2)13-7-6-10-19(21)26)24-17-11-14-25(15-12-17)18-8-4-5-9-18;/h17-19,26H,3-16H2,1-2H3,(H2,22,23,24);1H. The molecule has 27 heavy (non-hydrogen) atoms. The Balaban J connectivity index is 0.00000261. The van der Waals surface area contributed by atoms with Gasteiger partial charge in [0, 0.05) is 37.1 Å². The third kappa shape index (κ3) is 6.46. The molecule has 0 aromatic rings. The van der Waals surface area contributed by atoms with Crippen LogP contribution in [0.25, 0.3) is 0 Å². The number of hydrogen-bond donors (Lipinski definition) is 3. The molecule has 3 fully saturated rings. The normalized spacial score (nSPS) is 31.5. The lowest BCUT2D eigenvalue weighted by Crippen LogP contribution is -2.50. The number of likely N-dealkylation sites (tertiary alicyclic amines) is 1. The minimum atomic E-state index is -0.211. The van der Waals surface area contributed by atoms with E-state index < -0.39 is 0 Å². The first-order valence-corrected chi connectivity index (χ1v) is 11.1. The minimum Gasteiger partial charge on any atom is -0.392 e. The molecule has 0 bridgehead atoms. The van der Waals surface area contributed by atoms with E-state index >= 15 is 0 Å². The zero-order chi connectivity index (χ0) is 18.4. The molecule has 158 valence electrons. The van der Waals surface area contributed by atoms with Crippen molar-refractivity contribution in [1.29, 1.82) is 0 Å². The summed E-state index contributed by atoms with van der Waals surface area (Å²) in [5.74, 6) is 0.936. The molecule has 6 heteroatoms. The Morgan fingerprint density at radius 3 is 2.37 bits per heavy atom. The van der Waals surface area contributed by atoms with Gasteiger partial charge in [0.2, 0.25) is 0 Å². The van der Waals surface area contributed by atoms with Crippen LogP contribution in [0.1, 0.15) is 78.1 Å². The maximum atomic E-state index is 10.4. The van der Waals surface area contributed by atoms with Crippen LogP contribution in [0, 0.1) is 5.41 Å². The summed E-state index contributed by atoms with van der Waals surface area (Å²) < 4.78 is 0. The van der Waals surface area contributed by atoms with E-state index in [4.69, 9.17) is 4.99 Å². The Hall–Kier alpha value is -0.0800. The molecule has 2 atom stereocenters. The molecule has 1 aliphatic heterocycles. The Bertz CT molecular complexity index is 461. The Morgan fingerprint density at radius 1 is 1.07 bits per heavy atom. The van der Waals surface area contributed by atoms with Gasteiger partial charge in [-0.15, -0.1) is 24.0 Å². The summed E-state index contributed by atoms with van der Waals surface area (Å²) >= 11 is 0. The van der Waals surface area contributed by atoms with Crippen LogP contribution < -0.4 is 10.6 Å². The largest absolute Gasteiger partial charge is 0.392 e. The van der Waals surface area contributed by atoms with E-state index in [1.54, 1.807) is 0 Å². The van der Waals surface area contributed by atoms with E-state index in [0.717, 1.165) is 37.8 Å². The SMILES string of the molecule is CCNC(=NCC1(C)CCCCC1O)NC1CCN(C2CCCC2)CC1.I. The van der Waals surface area contributed by atoms with Crippen molar-refractivity contribution in [1.82, 2.24) is 15.5 Å². The predicted molar refractivity (Wildman–Crippen MR) is 124 cm³/mol. The second-order valence-corrected chi connectivity index (χ2v) is 9.00. The van der Waals surface area contributed by atoms with Crippen LogP contribution in [0.3, 0.4) is 0 Å². The number of halogens is 1. The molecule has 2 saturated carbocycles. The summed E-state index contributed by atoms with van der Waals surface area (Å²) in [6, 6.07) is 1.38. The summed E-state index contributed by atoms with van der Waals surface area (Å²) in [6.45, 7) is 8.35. The highest BCUT2D eigenvalue weighted by Gasteiger charge is 2.35. The number of rotatable bonds is 5. The summed E-state index contributed by atoms with van der Waals surface area (Å²) in [4.78, 5) is 7.59. The highest BCUT2D eigenvalue weighted by molar-refractivity contribution is 14.0. The van der Waals surface area contributed by atoms with E-state index in [9.17, 15) is 5.11 Å². The van der Waals surface area contributed by atoms with Gasteiger partial charge in [-0.05, 0) is 45.4 Å². The number of nitrogens with one attached hydrogen (secondary N) is 2. The monoisotopic (exact) mass is 492 g/mol. The summed E-state index contributed by atoms with van der Waals surface area (Å²) in [5.41, 5.74) is -0.0631. The predicted octanol–water partition coefficient (Wildman–Crippen LogP) is 3.51. The topological polar surface area (TPSA) is 59.9 Å². The quantitative estimate of drug-likeness (QED) is 0.313. The van der Waals surface area contributed by atoms with Gasteiger partial charge in [0.1, 0.15) is 0 Å². The lowest BCUT2D eigenvalue weighted by molar-refractivity contribution is 0.00714. The van der Waals surface area contributed by atoms with Crippen molar-refractivity contribution in [3.63, 3.8) is 0 Å². The van der Waals surface area contributed by atoms with Gasteiger partial charge < -0.3 is 20.6 Å². The van der Waals surface area contributed by atoms with Gasteiger partial charge in [0.25, 0.3) is 0 Å². The van der Waals surface area contributed by atoms with Gasteiger partial charge in [-0.2, -0.15) is 0 Å². The fourth-order valence-corrected chi connectivity index (χ4v) is 5.02. The van der Waals surface area contributed by atoms with E-state index in [2.05, 4.69) is 29.4 Å². The number of aliphatic hydroxyl groups is 1. The minimum absolute atomic E-state index is 0. The average molecular weight is 492 g/mol. The van der Waals surface area contributed by atoms with Gasteiger partial charge >= 0.3 is 0 Å². The number of aliphatic imine (C=N–C) groups is 1. The van der Waals surface area contributed by atoms with Crippen molar-refractivity contribution in [3.8, 4) is 0 Å². The van der Waals surface area contributed by atoms with Gasteiger partial charge in [0.15, 0.2) is 5.96 Å². The molecule has 3 N–H and O–H groups in total. The van der Waals surface area contributed by atoms with Crippen LogP contribution >= 0.6 is 24.0 Å². The second kappa shape index (κ2) is 11.2. The Labute approximate surface area is 183 Å². The fourth-order valence-electron chi connectivity index (χ4n) is 5.02. The second-order valence-electron chi connectivity index (χ2n) is 9.00. The number of nitrogens with zero attached hydrogens (tertiary/aromatic N) is 2. The maximum Gasteiger partial charge on any atom is 0.191 e. The van der Waals surface area contributed by atoms with Gasteiger partial charge in [-0.1, -0.05) is 32.6 Å². The number of guanidine groups is 1. The van der Waals surface area contributed by atoms with E-state index in [1.165, 1.54) is 58.0 Å². The van der Waals surface area contributed by atoms with Crippen LogP contribution in [-0.2, 0) is 0 Å². The van der Waals surface area contributed by atoms with Crippen molar-refractivity contribution in [2.24, 2.45) is 10.4 Å². The average Bonchev–Trinajstić information content (AvgIpc) is 3.18. The molecular weight excluding hydrogens is 451 g/mol. The Morgan fingerprint density at radius 2 is 1.74 bits per heavy atom. The molecule has 0 aromatic heterocycles. The highest BCUT2D eigenvalue weighted by Crippen LogP contribution is 2.36. The third-order valence-corrected chi connectivity index (χ3v) is 6.93. The molecule has 0 radical (unpaired) electrons. The lowest BCUT2D eigenvalue weighted by Gasteiger charge is -2.38. The molecule has 2 aliphatic carbocycles. The number of piperidine rings is 1. The van der Waals surface area contributed by atoms with Crippen LogP contribution in [0.2, 0.25) is 0 Å². The Kier molecular flexibility index (Phi) is 9.62. The third-order valence-electron chi connectivity index (χ3n) is 6.93. The zero-order valence-electron chi connectivity index (χ0n) is 17.4. The van der Waals surface area contributed by atoms with E-state index in [-0.39, 0.29) is 35.5 Å². The van der Waals surface area contributed by atoms with Crippen molar-refractivity contribution in [3.05, 3.63) is 0 Å². The van der Waals surface area contributed by atoms with Crippen molar-refractivity contribution in [2.75, 3.05) is 26.2 Å². The van der Waals surface area contributed by atoms with E-state index in [1.807, 2.05) is 0 Å². The first-order chi connectivity index (χ1) is 12.6. The van der Waals surface area contributed by atoms with Crippen molar-refractivity contribution < 1.29 is 5.11 Å². The molecule has 2 unspecified atom stereocenters. The summed E-state index contributed by atoms with van der Waals surface area (Å²) in [6.07, 6.45) is 12.2. The maximum absolute atomic E-state index is 10.4. The molecule has 0 spiro atoms. The van der Waals surface area contributed by atoms with Crippen LogP contribution in [-0.4, -0.2) is 60.3 Å². The van der Waals surface area contributed by atoms with Crippen LogP contribution in [0.4, 0.5) is 0 Å². The van der Waals surface area contributed by atoms with Gasteiger partial charge in [-0.25, -0.2) is 0 Å². The van der Waals surface area contributed by atoms with Crippen molar-refractivity contribution >= 4 is 29.9 Å². The van der Waals surface area contributed by atoms with Gasteiger partial charge in [-0.3, -0.25) is 4.99 Å². The lowest BCUT2D eigenvalue weighted by atomic mass is 9.73. The molecule has 0 amide bonds. The first kappa shape index (κ1) is 23.2. The van der Waals surface area contributed by atoms with Crippen LogP contribution in [0.5, 0.6) is 0 Å². The fraction of sp³-hybridized carbons (Fsp3) is 0.952. The smallest absolute Gasteiger partial charge is 0.191 e. The molecule has 3 rings (SSSR count). The molecular formula is C21H41IN4O. The molecule has 0 aromatic carbocycles. The molecule has 1 saturated heterocycles. The summed E-state index contributed by atoms with van der Waals surface area (Å²) in [7, 11) is 0.